The highest BCUT2D eigenvalue weighted by atomic mass is 16.5. The summed E-state index contributed by atoms with van der Waals surface area (Å²) in [4.78, 5) is 25.5. The zero-order valence-electron chi connectivity index (χ0n) is 13.6. The lowest BCUT2D eigenvalue weighted by Gasteiger charge is -2.36. The van der Waals surface area contributed by atoms with Crippen molar-refractivity contribution >= 4 is 11.9 Å². The Balaban J connectivity index is 2.21. The van der Waals surface area contributed by atoms with Gasteiger partial charge in [-0.1, -0.05) is 0 Å². The van der Waals surface area contributed by atoms with E-state index in [2.05, 4.69) is 0 Å². The first-order valence-electron chi connectivity index (χ1n) is 7.81. The summed E-state index contributed by atoms with van der Waals surface area (Å²) in [5.74, 6) is 0.154. The smallest absolute Gasteiger partial charge is 0.303 e. The summed E-state index contributed by atoms with van der Waals surface area (Å²) in [5, 5.41) is 8.89. The monoisotopic (exact) mass is 321 g/mol. The molecule has 1 heterocycles. The van der Waals surface area contributed by atoms with Crippen LogP contribution in [0.3, 0.4) is 0 Å². The molecule has 1 aromatic rings. The van der Waals surface area contributed by atoms with Crippen LogP contribution in [0.1, 0.15) is 42.5 Å². The largest absolute Gasteiger partial charge is 0.497 e. The first-order chi connectivity index (χ1) is 11.1. The number of carbonyl (C=O) groups excluding carboxylic acids is 1. The third-order valence-corrected chi connectivity index (χ3v) is 4.22. The molecule has 1 aliphatic heterocycles. The fourth-order valence-electron chi connectivity index (χ4n) is 2.99. The number of methoxy groups -OCH3 is 2. The molecule has 1 atom stereocenters. The Kier molecular flexibility index (Phi) is 5.84. The minimum Gasteiger partial charge on any atom is -0.497 e. The second-order valence-corrected chi connectivity index (χ2v) is 5.65. The van der Waals surface area contributed by atoms with Crippen LogP contribution < -0.4 is 9.47 Å². The third-order valence-electron chi connectivity index (χ3n) is 4.22. The van der Waals surface area contributed by atoms with Crippen molar-refractivity contribution in [3.8, 4) is 11.5 Å². The second kappa shape index (κ2) is 7.85. The van der Waals surface area contributed by atoms with Crippen LogP contribution in [0.2, 0.25) is 0 Å². The van der Waals surface area contributed by atoms with Crippen LogP contribution in [-0.4, -0.2) is 48.7 Å². The van der Waals surface area contributed by atoms with E-state index in [0.717, 1.165) is 19.3 Å². The zero-order valence-corrected chi connectivity index (χ0v) is 13.6. The highest BCUT2D eigenvalue weighted by molar-refractivity contribution is 5.97. The summed E-state index contributed by atoms with van der Waals surface area (Å²) in [5.41, 5.74) is 0.482. The number of amides is 1. The van der Waals surface area contributed by atoms with Crippen LogP contribution >= 0.6 is 0 Å². The van der Waals surface area contributed by atoms with Crippen molar-refractivity contribution in [2.45, 2.75) is 38.1 Å². The van der Waals surface area contributed by atoms with Crippen LogP contribution in [-0.2, 0) is 4.79 Å². The van der Waals surface area contributed by atoms with E-state index in [1.54, 1.807) is 30.2 Å². The number of aliphatic carboxylic acids is 1. The maximum Gasteiger partial charge on any atom is 0.303 e. The molecule has 1 saturated heterocycles. The van der Waals surface area contributed by atoms with E-state index in [9.17, 15) is 9.59 Å². The number of benzene rings is 1. The van der Waals surface area contributed by atoms with Crippen LogP contribution in [0.15, 0.2) is 18.2 Å². The average Bonchev–Trinajstić information content (AvgIpc) is 2.58. The Bertz CT molecular complexity index is 572. The number of rotatable bonds is 6. The van der Waals surface area contributed by atoms with Crippen LogP contribution in [0.25, 0.3) is 0 Å². The predicted molar refractivity (Wildman–Crippen MR) is 85.1 cm³/mol. The van der Waals surface area contributed by atoms with E-state index in [1.807, 2.05) is 0 Å². The van der Waals surface area contributed by atoms with Gasteiger partial charge in [0, 0.05) is 25.1 Å². The van der Waals surface area contributed by atoms with Gasteiger partial charge in [0.1, 0.15) is 11.5 Å². The molecule has 0 aliphatic carbocycles. The first kappa shape index (κ1) is 17.1. The predicted octanol–water partition coefficient (Wildman–Crippen LogP) is 2.56. The van der Waals surface area contributed by atoms with E-state index in [0.29, 0.717) is 30.0 Å². The highest BCUT2D eigenvalue weighted by Crippen LogP contribution is 2.29. The summed E-state index contributed by atoms with van der Waals surface area (Å²) in [7, 11) is 3.08. The molecule has 6 nitrogen and oxygen atoms in total. The Labute approximate surface area is 136 Å². The molecule has 1 aliphatic rings. The number of ether oxygens (including phenoxy) is 2. The summed E-state index contributed by atoms with van der Waals surface area (Å²) < 4.78 is 10.5. The quantitative estimate of drug-likeness (QED) is 0.871. The molecule has 0 radical (unpaired) electrons. The molecule has 0 bridgehead atoms. The second-order valence-electron chi connectivity index (χ2n) is 5.65. The zero-order chi connectivity index (χ0) is 16.8. The van der Waals surface area contributed by atoms with Crippen molar-refractivity contribution in [3.63, 3.8) is 0 Å². The summed E-state index contributed by atoms with van der Waals surface area (Å²) >= 11 is 0. The van der Waals surface area contributed by atoms with Crippen molar-refractivity contribution in [1.82, 2.24) is 4.90 Å². The number of carbonyl (C=O) groups is 2. The van der Waals surface area contributed by atoms with Crippen molar-refractivity contribution < 1.29 is 24.2 Å². The molecule has 1 aromatic carbocycles. The molecule has 1 fully saturated rings. The van der Waals surface area contributed by atoms with Crippen molar-refractivity contribution in [3.05, 3.63) is 23.8 Å². The van der Waals surface area contributed by atoms with Crippen LogP contribution in [0, 0.1) is 0 Å². The van der Waals surface area contributed by atoms with Crippen LogP contribution in [0.5, 0.6) is 11.5 Å². The van der Waals surface area contributed by atoms with Gasteiger partial charge in [-0.2, -0.15) is 0 Å². The van der Waals surface area contributed by atoms with Gasteiger partial charge < -0.3 is 19.5 Å². The van der Waals surface area contributed by atoms with Crippen LogP contribution in [0.4, 0.5) is 0 Å². The Morgan fingerprint density at radius 1 is 1.26 bits per heavy atom. The Hall–Kier alpha value is -2.24. The van der Waals surface area contributed by atoms with Gasteiger partial charge in [0.15, 0.2) is 0 Å². The van der Waals surface area contributed by atoms with Gasteiger partial charge in [-0.25, -0.2) is 0 Å². The maximum atomic E-state index is 12.9. The van der Waals surface area contributed by atoms with Gasteiger partial charge in [0.05, 0.1) is 19.8 Å². The first-order valence-corrected chi connectivity index (χ1v) is 7.81. The topological polar surface area (TPSA) is 76.1 Å². The van der Waals surface area contributed by atoms with Crippen molar-refractivity contribution in [1.29, 1.82) is 0 Å². The number of hydrogen-bond donors (Lipinski definition) is 1. The summed E-state index contributed by atoms with van der Waals surface area (Å²) in [6, 6.07) is 5.08. The molecule has 0 saturated carbocycles. The average molecular weight is 321 g/mol. The van der Waals surface area contributed by atoms with Gasteiger partial charge in [-0.3, -0.25) is 9.59 Å². The molecular formula is C17H23NO5. The molecule has 1 unspecified atom stereocenters. The Morgan fingerprint density at radius 3 is 2.70 bits per heavy atom. The molecule has 2 rings (SSSR count). The summed E-state index contributed by atoms with van der Waals surface area (Å²) in [6.45, 7) is 0.651. The lowest BCUT2D eigenvalue weighted by molar-refractivity contribution is -0.137. The minimum absolute atomic E-state index is 0.0286. The molecule has 23 heavy (non-hydrogen) atoms. The number of nitrogens with zero attached hydrogens (tertiary/aromatic N) is 1. The maximum absolute atomic E-state index is 12.9. The molecular weight excluding hydrogens is 298 g/mol. The molecule has 0 aromatic heterocycles. The molecule has 1 amide bonds. The van der Waals surface area contributed by atoms with E-state index in [1.165, 1.54) is 7.11 Å². The fourth-order valence-corrected chi connectivity index (χ4v) is 2.99. The number of carboxylic acid groups (broad SMARTS) is 1. The number of carboxylic acids is 1. The van der Waals surface area contributed by atoms with E-state index >= 15 is 0 Å². The number of likely N-dealkylation sites (tertiary alicyclic amines) is 1. The molecule has 126 valence electrons. The Morgan fingerprint density at radius 2 is 2.04 bits per heavy atom. The number of hydrogen-bond acceptors (Lipinski definition) is 4. The fraction of sp³-hybridized carbons (Fsp3) is 0.529. The van der Waals surface area contributed by atoms with Crippen molar-refractivity contribution in [2.24, 2.45) is 0 Å². The van der Waals surface area contributed by atoms with E-state index in [4.69, 9.17) is 14.6 Å². The standard InChI is InChI=1S/C17H23NO5/c1-22-13-7-8-14(15(11-13)23-2)17(21)18-10-4-3-5-12(18)6-9-16(19)20/h7-8,11-12H,3-6,9-10H2,1-2H3,(H,19,20). The number of piperidine rings is 1. The normalized spacial score (nSPS) is 17.7. The van der Waals surface area contributed by atoms with Gasteiger partial charge in [-0.05, 0) is 37.8 Å². The van der Waals surface area contributed by atoms with Gasteiger partial charge >= 0.3 is 5.97 Å². The molecule has 1 N–H and O–H groups in total. The van der Waals surface area contributed by atoms with Gasteiger partial charge in [-0.15, -0.1) is 0 Å². The van der Waals surface area contributed by atoms with E-state index in [-0.39, 0.29) is 18.4 Å². The lowest BCUT2D eigenvalue weighted by atomic mass is 9.96. The minimum atomic E-state index is -0.829. The van der Waals surface area contributed by atoms with Gasteiger partial charge in [0.25, 0.3) is 5.91 Å². The lowest BCUT2D eigenvalue weighted by Crippen LogP contribution is -2.44. The molecule has 0 spiro atoms. The van der Waals surface area contributed by atoms with Gasteiger partial charge in [0.2, 0.25) is 0 Å². The highest BCUT2D eigenvalue weighted by Gasteiger charge is 2.29. The van der Waals surface area contributed by atoms with Crippen molar-refractivity contribution in [2.75, 3.05) is 20.8 Å². The third kappa shape index (κ3) is 4.15. The van der Waals surface area contributed by atoms with E-state index < -0.39 is 5.97 Å². The molecule has 6 heteroatoms. The summed E-state index contributed by atoms with van der Waals surface area (Å²) in [6.07, 6.45) is 3.37. The SMILES string of the molecule is COc1ccc(C(=O)N2CCCCC2CCC(=O)O)c(OC)c1.